The van der Waals surface area contributed by atoms with E-state index in [0.29, 0.717) is 5.90 Å². The Bertz CT molecular complexity index is 624. The molecule has 0 saturated carbocycles. The van der Waals surface area contributed by atoms with Crippen LogP contribution >= 0.6 is 0 Å². The van der Waals surface area contributed by atoms with Crippen molar-refractivity contribution in [1.82, 2.24) is 0 Å². The van der Waals surface area contributed by atoms with E-state index in [1.54, 1.807) is 6.92 Å². The summed E-state index contributed by atoms with van der Waals surface area (Å²) in [7, 11) is 0. The van der Waals surface area contributed by atoms with Gasteiger partial charge in [-0.3, -0.25) is 0 Å². The molecule has 0 saturated heterocycles. The van der Waals surface area contributed by atoms with E-state index in [2.05, 4.69) is 4.99 Å². The minimum Gasteiger partial charge on any atom is -0.463 e. The second kappa shape index (κ2) is 4.50. The summed E-state index contributed by atoms with van der Waals surface area (Å²) in [5.41, 5.74) is 1.45. The molecule has 1 aliphatic heterocycles. The second-order valence-electron chi connectivity index (χ2n) is 4.77. The molecule has 19 heavy (non-hydrogen) atoms. The first kappa shape index (κ1) is 11.9. The Morgan fingerprint density at radius 1 is 1.05 bits per heavy atom. The Labute approximate surface area is 111 Å². The molecule has 1 unspecified atom stereocenters. The molecule has 2 aromatic carbocycles. The van der Waals surface area contributed by atoms with E-state index < -0.39 is 12.3 Å². The van der Waals surface area contributed by atoms with E-state index in [4.69, 9.17) is 4.74 Å². The first-order chi connectivity index (χ1) is 9.23. The third-order valence-corrected chi connectivity index (χ3v) is 3.29. The number of hydrogen-bond acceptors (Lipinski definition) is 2. The van der Waals surface area contributed by atoms with Crippen molar-refractivity contribution >= 4 is 11.6 Å². The van der Waals surface area contributed by atoms with E-state index in [1.165, 1.54) is 0 Å². The van der Waals surface area contributed by atoms with Gasteiger partial charge in [-0.05, 0) is 25.1 Å². The van der Waals surface area contributed by atoms with Gasteiger partial charge < -0.3 is 4.74 Å². The minimum atomic E-state index is -0.969. The summed E-state index contributed by atoms with van der Waals surface area (Å²) >= 11 is 0. The minimum absolute atomic E-state index is 0.472. The molecule has 0 aromatic heterocycles. The maximum atomic E-state index is 13.5. The molecule has 1 aliphatic rings. The van der Waals surface area contributed by atoms with Gasteiger partial charge in [0.05, 0.1) is 5.69 Å². The predicted molar refractivity (Wildman–Crippen MR) is 73.5 cm³/mol. The number of fused-ring (bicyclic) bond motifs is 1. The zero-order valence-electron chi connectivity index (χ0n) is 10.6. The van der Waals surface area contributed by atoms with Crippen LogP contribution in [0.15, 0.2) is 59.6 Å². The van der Waals surface area contributed by atoms with Gasteiger partial charge in [-0.25, -0.2) is 9.38 Å². The van der Waals surface area contributed by atoms with Crippen molar-refractivity contribution < 1.29 is 9.13 Å². The van der Waals surface area contributed by atoms with Crippen LogP contribution in [0, 0.1) is 0 Å². The molecule has 1 atom stereocenters. The fraction of sp³-hybridized carbons (Fsp3) is 0.188. The van der Waals surface area contributed by atoms with Gasteiger partial charge in [0, 0.05) is 11.1 Å². The van der Waals surface area contributed by atoms with Crippen LogP contribution in [0.1, 0.15) is 18.1 Å². The van der Waals surface area contributed by atoms with E-state index in [1.807, 2.05) is 54.6 Å². The Morgan fingerprint density at radius 2 is 1.74 bits per heavy atom. The molecule has 2 aromatic rings. The summed E-state index contributed by atoms with van der Waals surface area (Å²) in [5, 5.41) is 0. The average Bonchev–Trinajstić information content (AvgIpc) is 2.48. The van der Waals surface area contributed by atoms with E-state index in [9.17, 15) is 4.39 Å². The highest BCUT2D eigenvalue weighted by molar-refractivity contribution is 5.97. The van der Waals surface area contributed by atoms with Crippen molar-refractivity contribution in [3.8, 4) is 0 Å². The van der Waals surface area contributed by atoms with Gasteiger partial charge in [-0.15, -0.1) is 0 Å². The first-order valence-corrected chi connectivity index (χ1v) is 6.21. The Balaban J connectivity index is 2.14. The quantitative estimate of drug-likeness (QED) is 0.795. The zero-order chi connectivity index (χ0) is 13.3. The summed E-state index contributed by atoms with van der Waals surface area (Å²) in [6, 6.07) is 17.1. The van der Waals surface area contributed by atoms with Gasteiger partial charge in [-0.2, -0.15) is 0 Å². The van der Waals surface area contributed by atoms with Crippen molar-refractivity contribution in [2.24, 2.45) is 4.99 Å². The molecule has 1 heterocycles. The smallest absolute Gasteiger partial charge is 0.222 e. The van der Waals surface area contributed by atoms with Crippen molar-refractivity contribution in [1.29, 1.82) is 0 Å². The molecule has 3 rings (SSSR count). The van der Waals surface area contributed by atoms with Gasteiger partial charge >= 0.3 is 0 Å². The zero-order valence-corrected chi connectivity index (χ0v) is 10.6. The maximum absolute atomic E-state index is 13.5. The molecule has 2 nitrogen and oxygen atoms in total. The normalized spacial score (nSPS) is 21.3. The Kier molecular flexibility index (Phi) is 2.82. The lowest BCUT2D eigenvalue weighted by molar-refractivity contribution is 0.0421. The summed E-state index contributed by atoms with van der Waals surface area (Å²) in [4.78, 5) is 4.49. The molecule has 96 valence electrons. The Morgan fingerprint density at radius 3 is 2.47 bits per heavy atom. The topological polar surface area (TPSA) is 21.6 Å². The van der Waals surface area contributed by atoms with Gasteiger partial charge in [0.1, 0.15) is 6.67 Å². The number of aliphatic imine (C=N–C) groups is 1. The molecule has 0 fully saturated rings. The molecule has 0 radical (unpaired) electrons. The number of nitrogens with zero attached hydrogens (tertiary/aromatic N) is 1. The second-order valence-corrected chi connectivity index (χ2v) is 4.77. The van der Waals surface area contributed by atoms with E-state index >= 15 is 0 Å². The summed E-state index contributed by atoms with van der Waals surface area (Å²) in [5.74, 6) is 0.472. The lowest BCUT2D eigenvalue weighted by Gasteiger charge is -2.33. The van der Waals surface area contributed by atoms with Gasteiger partial charge in [0.25, 0.3) is 0 Å². The lowest BCUT2D eigenvalue weighted by atomic mass is 9.94. The summed E-state index contributed by atoms with van der Waals surface area (Å²) in [6.45, 7) is 1.17. The fourth-order valence-electron chi connectivity index (χ4n) is 2.22. The monoisotopic (exact) mass is 255 g/mol. The first-order valence-electron chi connectivity index (χ1n) is 6.21. The highest BCUT2D eigenvalue weighted by Crippen LogP contribution is 2.38. The summed E-state index contributed by atoms with van der Waals surface area (Å²) < 4.78 is 19.3. The molecule has 0 N–H and O–H groups in total. The van der Waals surface area contributed by atoms with E-state index in [-0.39, 0.29) is 0 Å². The van der Waals surface area contributed by atoms with Crippen molar-refractivity contribution in [3.63, 3.8) is 0 Å². The molecular weight excluding hydrogens is 241 g/mol. The molecule has 0 spiro atoms. The lowest BCUT2D eigenvalue weighted by Crippen LogP contribution is -2.34. The number of halogens is 1. The average molecular weight is 255 g/mol. The number of rotatable bonds is 2. The largest absolute Gasteiger partial charge is 0.463 e. The fourth-order valence-corrected chi connectivity index (χ4v) is 2.22. The van der Waals surface area contributed by atoms with Gasteiger partial charge in [-0.1, -0.05) is 36.4 Å². The third-order valence-electron chi connectivity index (χ3n) is 3.29. The SMILES string of the molecule is CC1(CF)OC(c2ccccc2)=Nc2ccccc21. The number of benzene rings is 2. The number of para-hydroxylation sites is 1. The van der Waals surface area contributed by atoms with Crippen LogP contribution in [0.5, 0.6) is 0 Å². The van der Waals surface area contributed by atoms with Crippen molar-refractivity contribution in [2.75, 3.05) is 6.67 Å². The van der Waals surface area contributed by atoms with Crippen molar-refractivity contribution in [2.45, 2.75) is 12.5 Å². The maximum Gasteiger partial charge on any atom is 0.222 e. The molecule has 3 heteroatoms. The van der Waals surface area contributed by atoms with Crippen molar-refractivity contribution in [3.05, 3.63) is 65.7 Å². The number of alkyl halides is 1. The molecule has 0 amide bonds. The highest BCUT2D eigenvalue weighted by atomic mass is 19.1. The van der Waals surface area contributed by atoms with E-state index in [0.717, 1.165) is 16.8 Å². The van der Waals surface area contributed by atoms with Crippen LogP contribution in [-0.4, -0.2) is 12.6 Å². The highest BCUT2D eigenvalue weighted by Gasteiger charge is 2.36. The van der Waals surface area contributed by atoms with Gasteiger partial charge in [0.2, 0.25) is 5.90 Å². The van der Waals surface area contributed by atoms with Gasteiger partial charge in [0.15, 0.2) is 5.60 Å². The molecule has 0 aliphatic carbocycles. The van der Waals surface area contributed by atoms with Crippen LogP contribution < -0.4 is 0 Å². The molecule has 0 bridgehead atoms. The Hall–Kier alpha value is -2.16. The predicted octanol–water partition coefficient (Wildman–Crippen LogP) is 3.98. The van der Waals surface area contributed by atoms with Crippen LogP contribution in [-0.2, 0) is 10.3 Å². The number of ether oxygens (including phenoxy) is 1. The summed E-state index contributed by atoms with van der Waals surface area (Å²) in [6.07, 6.45) is 0. The van der Waals surface area contributed by atoms with Crippen LogP contribution in [0.3, 0.4) is 0 Å². The standard InChI is InChI=1S/C16H14FNO/c1-16(11-17)13-9-5-6-10-14(13)18-15(19-16)12-7-3-2-4-8-12/h2-10H,11H2,1H3. The number of hydrogen-bond donors (Lipinski definition) is 0. The third kappa shape index (κ3) is 2.01. The molecular formula is C16H14FNO. The van der Waals surface area contributed by atoms with Crippen LogP contribution in [0.25, 0.3) is 0 Å². The van der Waals surface area contributed by atoms with Crippen LogP contribution in [0.2, 0.25) is 0 Å². The van der Waals surface area contributed by atoms with Crippen LogP contribution in [0.4, 0.5) is 10.1 Å².